The largest absolute Gasteiger partial charge is 0.478 e. The Labute approximate surface area is 191 Å². The molecule has 2 aliphatic rings. The molecule has 2 aromatic carbocycles. The van der Waals surface area contributed by atoms with Gasteiger partial charge in [0, 0.05) is 18.8 Å². The van der Waals surface area contributed by atoms with Gasteiger partial charge in [-0.05, 0) is 67.3 Å². The van der Waals surface area contributed by atoms with Gasteiger partial charge in [-0.1, -0.05) is 12.1 Å². The van der Waals surface area contributed by atoms with Gasteiger partial charge in [-0.3, -0.25) is 14.6 Å². The molecule has 0 bridgehead atoms. The highest BCUT2D eigenvalue weighted by molar-refractivity contribution is 8.00. The van der Waals surface area contributed by atoms with Gasteiger partial charge >= 0.3 is 5.97 Å². The molecule has 1 unspecified atom stereocenters. The van der Waals surface area contributed by atoms with Crippen molar-refractivity contribution in [1.29, 1.82) is 0 Å². The highest BCUT2D eigenvalue weighted by Crippen LogP contribution is 2.43. The highest BCUT2D eigenvalue weighted by Gasteiger charge is 2.35. The van der Waals surface area contributed by atoms with Gasteiger partial charge in [0.15, 0.2) is 0 Å². The zero-order valence-electron chi connectivity index (χ0n) is 18.1. The third-order valence-electron chi connectivity index (χ3n) is 6.09. The lowest BCUT2D eigenvalue weighted by Crippen LogP contribution is -2.37. The number of nitrogens with zero attached hydrogens (tertiary/aromatic N) is 2. The molecule has 2 saturated heterocycles. The van der Waals surface area contributed by atoms with E-state index in [0.29, 0.717) is 12.2 Å². The number of carbonyl (C=O) groups excluding carboxylic acids is 1. The van der Waals surface area contributed by atoms with Crippen LogP contribution in [0.15, 0.2) is 36.4 Å². The second-order valence-electron chi connectivity index (χ2n) is 8.08. The minimum absolute atomic E-state index is 0.0326. The van der Waals surface area contributed by atoms with E-state index in [9.17, 15) is 19.1 Å². The number of amides is 1. The Kier molecular flexibility index (Phi) is 7.13. The molecule has 2 heterocycles. The Morgan fingerprint density at radius 2 is 1.91 bits per heavy atom. The summed E-state index contributed by atoms with van der Waals surface area (Å²) in [6.45, 7) is 6.02. The number of aromatic carboxylic acids is 1. The lowest BCUT2D eigenvalue weighted by Gasteiger charge is -2.28. The average Bonchev–Trinajstić information content (AvgIpc) is 3.17. The number of anilines is 1. The third kappa shape index (κ3) is 4.82. The summed E-state index contributed by atoms with van der Waals surface area (Å²) in [5, 5.41) is 9.49. The molecule has 0 aromatic heterocycles. The summed E-state index contributed by atoms with van der Waals surface area (Å²) < 4.78 is 18.8. The molecule has 0 radical (unpaired) electrons. The van der Waals surface area contributed by atoms with Crippen molar-refractivity contribution >= 4 is 29.3 Å². The maximum Gasteiger partial charge on any atom is 0.335 e. The Hall–Kier alpha value is -2.42. The number of halogens is 1. The van der Waals surface area contributed by atoms with Crippen LogP contribution in [-0.2, 0) is 16.0 Å². The van der Waals surface area contributed by atoms with Gasteiger partial charge in [0.2, 0.25) is 5.91 Å². The summed E-state index contributed by atoms with van der Waals surface area (Å²) in [5.41, 5.74) is 3.44. The molecule has 1 atom stereocenters. The van der Waals surface area contributed by atoms with E-state index in [-0.39, 0.29) is 22.7 Å². The van der Waals surface area contributed by atoms with E-state index in [2.05, 4.69) is 4.90 Å². The van der Waals surface area contributed by atoms with Crippen LogP contribution < -0.4 is 4.90 Å². The molecular formula is C24H27FN2O4S. The molecule has 1 amide bonds. The average molecular weight is 459 g/mol. The Bertz CT molecular complexity index is 992. The second-order valence-corrected chi connectivity index (χ2v) is 9.15. The van der Waals surface area contributed by atoms with Crippen molar-refractivity contribution in [2.45, 2.75) is 25.1 Å². The van der Waals surface area contributed by atoms with Crippen LogP contribution in [0.25, 0.3) is 0 Å². The van der Waals surface area contributed by atoms with Gasteiger partial charge in [0.05, 0.1) is 24.5 Å². The third-order valence-corrected chi connectivity index (χ3v) is 7.30. The SMILES string of the molecule is Cc1c(N2C(=O)CSC2c2ccc(F)cc2)ccc(C(=O)O)c1CCCN1CCOCC1. The molecule has 2 aromatic rings. The number of benzene rings is 2. The van der Waals surface area contributed by atoms with E-state index >= 15 is 0 Å². The Morgan fingerprint density at radius 1 is 1.19 bits per heavy atom. The molecule has 0 spiro atoms. The first-order chi connectivity index (χ1) is 15.5. The standard InChI is InChI=1S/C24H27FN2O4S/c1-16-19(3-2-10-26-11-13-31-14-12-26)20(24(29)30)8-9-21(16)27-22(28)15-32-23(27)17-4-6-18(25)7-5-17/h4-9,23H,2-3,10-15H2,1H3,(H,29,30). The fourth-order valence-electron chi connectivity index (χ4n) is 4.39. The number of carboxylic acids is 1. The highest BCUT2D eigenvalue weighted by atomic mass is 32.2. The zero-order valence-corrected chi connectivity index (χ0v) is 18.9. The maximum absolute atomic E-state index is 13.4. The number of carbonyl (C=O) groups is 2. The smallest absolute Gasteiger partial charge is 0.335 e. The van der Waals surface area contributed by atoms with Crippen LogP contribution in [0.4, 0.5) is 10.1 Å². The number of hydrogen-bond donors (Lipinski definition) is 1. The molecule has 8 heteroatoms. The summed E-state index contributed by atoms with van der Waals surface area (Å²) in [5.74, 6) is -0.985. The van der Waals surface area contributed by atoms with Crippen molar-refractivity contribution in [3.63, 3.8) is 0 Å². The van der Waals surface area contributed by atoms with Crippen LogP contribution >= 0.6 is 11.8 Å². The van der Waals surface area contributed by atoms with Crippen molar-refractivity contribution in [3.8, 4) is 0 Å². The second kappa shape index (κ2) is 10.0. The van der Waals surface area contributed by atoms with Gasteiger partial charge in [-0.25, -0.2) is 9.18 Å². The minimum atomic E-state index is -0.960. The lowest BCUT2D eigenvalue weighted by atomic mass is 9.95. The molecule has 2 fully saturated rings. The zero-order chi connectivity index (χ0) is 22.7. The van der Waals surface area contributed by atoms with Crippen LogP contribution in [0.2, 0.25) is 0 Å². The Balaban J connectivity index is 1.61. The van der Waals surface area contributed by atoms with Crippen molar-refractivity contribution in [3.05, 3.63) is 64.5 Å². The number of thioether (sulfide) groups is 1. The predicted octanol–water partition coefficient (Wildman–Crippen LogP) is 3.88. The van der Waals surface area contributed by atoms with Crippen molar-refractivity contribution in [2.24, 2.45) is 0 Å². The topological polar surface area (TPSA) is 70.1 Å². The number of morpholine rings is 1. The predicted molar refractivity (Wildman–Crippen MR) is 123 cm³/mol. The van der Waals surface area contributed by atoms with Gasteiger partial charge in [0.25, 0.3) is 0 Å². The molecule has 2 aliphatic heterocycles. The van der Waals surface area contributed by atoms with Crippen LogP contribution in [-0.4, -0.2) is 60.5 Å². The number of rotatable bonds is 7. The first-order valence-corrected chi connectivity index (χ1v) is 11.9. The monoisotopic (exact) mass is 458 g/mol. The summed E-state index contributed by atoms with van der Waals surface area (Å²) in [6, 6.07) is 9.52. The van der Waals surface area contributed by atoms with Crippen LogP contribution in [0.3, 0.4) is 0 Å². The van der Waals surface area contributed by atoms with Crippen LogP contribution in [0, 0.1) is 12.7 Å². The molecule has 0 aliphatic carbocycles. The van der Waals surface area contributed by atoms with Crippen LogP contribution in [0.5, 0.6) is 0 Å². The molecule has 6 nitrogen and oxygen atoms in total. The van der Waals surface area contributed by atoms with Gasteiger partial charge in [0.1, 0.15) is 11.2 Å². The van der Waals surface area contributed by atoms with E-state index in [1.165, 1.54) is 23.9 Å². The molecule has 170 valence electrons. The number of carboxylic acid groups (broad SMARTS) is 1. The van der Waals surface area contributed by atoms with Crippen molar-refractivity contribution in [1.82, 2.24) is 4.90 Å². The van der Waals surface area contributed by atoms with Gasteiger partial charge < -0.3 is 9.84 Å². The molecular weight excluding hydrogens is 431 g/mol. The normalized spacial score (nSPS) is 19.5. The fourth-order valence-corrected chi connectivity index (χ4v) is 5.56. The maximum atomic E-state index is 13.4. The summed E-state index contributed by atoms with van der Waals surface area (Å²) in [6.07, 6.45) is 1.45. The summed E-state index contributed by atoms with van der Waals surface area (Å²) in [4.78, 5) is 28.8. The molecule has 1 N–H and O–H groups in total. The number of hydrogen-bond acceptors (Lipinski definition) is 5. The van der Waals surface area contributed by atoms with E-state index < -0.39 is 5.97 Å². The van der Waals surface area contributed by atoms with E-state index in [1.54, 1.807) is 29.2 Å². The van der Waals surface area contributed by atoms with Crippen LogP contribution in [0.1, 0.15) is 38.8 Å². The number of ether oxygens (including phenoxy) is 1. The van der Waals surface area contributed by atoms with E-state index in [4.69, 9.17) is 4.74 Å². The summed E-state index contributed by atoms with van der Waals surface area (Å²) >= 11 is 1.49. The van der Waals surface area contributed by atoms with Crippen molar-refractivity contribution in [2.75, 3.05) is 43.5 Å². The summed E-state index contributed by atoms with van der Waals surface area (Å²) in [7, 11) is 0. The Morgan fingerprint density at radius 3 is 2.59 bits per heavy atom. The van der Waals surface area contributed by atoms with Crippen molar-refractivity contribution < 1.29 is 23.8 Å². The quantitative estimate of drug-likeness (QED) is 0.679. The van der Waals surface area contributed by atoms with Gasteiger partial charge in [-0.15, -0.1) is 11.8 Å². The molecule has 32 heavy (non-hydrogen) atoms. The first kappa shape index (κ1) is 22.8. The first-order valence-electron chi connectivity index (χ1n) is 10.8. The fraction of sp³-hybridized carbons (Fsp3) is 0.417. The van der Waals surface area contributed by atoms with E-state index in [0.717, 1.165) is 61.6 Å². The minimum Gasteiger partial charge on any atom is -0.478 e. The van der Waals surface area contributed by atoms with Gasteiger partial charge in [-0.2, -0.15) is 0 Å². The van der Waals surface area contributed by atoms with E-state index in [1.807, 2.05) is 6.92 Å². The molecule has 0 saturated carbocycles. The lowest BCUT2D eigenvalue weighted by molar-refractivity contribution is -0.115. The molecule has 4 rings (SSSR count).